The third kappa shape index (κ3) is 9.54. The van der Waals surface area contributed by atoms with Crippen molar-refractivity contribution in [1.82, 2.24) is 0 Å². The zero-order chi connectivity index (χ0) is 0. The van der Waals surface area contributed by atoms with Gasteiger partial charge in [0.25, 0.3) is 0 Å². The van der Waals surface area contributed by atoms with E-state index in [-0.39, 0.29) is 57.8 Å². The Labute approximate surface area is 57.8 Å². The standard InChI is InChI=1S/Cr.3S/q+6;3*-2. The van der Waals surface area contributed by atoms with Crippen LogP contribution in [0.1, 0.15) is 0 Å². The van der Waals surface area contributed by atoms with Crippen LogP contribution in [0.2, 0.25) is 0 Å². The van der Waals surface area contributed by atoms with Crippen LogP contribution in [0, 0.1) is 0 Å². The average Bonchev–Trinajstić information content (AvgIpc) is 0. The number of rotatable bonds is 0. The molecule has 0 unspecified atom stereocenters. The molecule has 0 saturated heterocycles. The second kappa shape index (κ2) is 23.5. The van der Waals surface area contributed by atoms with Gasteiger partial charge in [-0.25, -0.2) is 0 Å². The molecule has 0 aromatic carbocycles. The second-order valence-corrected chi connectivity index (χ2v) is 0. The van der Waals surface area contributed by atoms with Gasteiger partial charge in [-0.3, -0.25) is 0 Å². The summed E-state index contributed by atoms with van der Waals surface area (Å²) in [6, 6.07) is 0. The largest absolute Gasteiger partial charge is 6.00 e. The summed E-state index contributed by atoms with van der Waals surface area (Å²) in [7, 11) is 0. The Balaban J connectivity index is 0. The molecule has 0 aliphatic heterocycles. The monoisotopic (exact) mass is 148 g/mol. The minimum absolute atomic E-state index is 0. The molecule has 0 heterocycles. The first-order valence-electron chi connectivity index (χ1n) is 0. The maximum Gasteiger partial charge on any atom is 6.00 e. The van der Waals surface area contributed by atoms with Gasteiger partial charge in [0.05, 0.1) is 0 Å². The van der Waals surface area contributed by atoms with Crippen molar-refractivity contribution in [3.05, 3.63) is 0 Å². The van der Waals surface area contributed by atoms with E-state index in [4.69, 9.17) is 0 Å². The third-order valence-corrected chi connectivity index (χ3v) is 0. The number of hydrogen-bond donors (Lipinski definition) is 0. The molecule has 24 valence electrons. The summed E-state index contributed by atoms with van der Waals surface area (Å²) in [6.07, 6.45) is 0. The van der Waals surface area contributed by atoms with Gasteiger partial charge in [-0.2, -0.15) is 0 Å². The van der Waals surface area contributed by atoms with E-state index in [0.29, 0.717) is 0 Å². The Hall–Kier alpha value is 1.58. The maximum atomic E-state index is 0. The summed E-state index contributed by atoms with van der Waals surface area (Å²) < 4.78 is 0. The van der Waals surface area contributed by atoms with Gasteiger partial charge in [0, 0.05) is 0 Å². The van der Waals surface area contributed by atoms with Crippen molar-refractivity contribution >= 4 is 40.5 Å². The molecule has 0 aliphatic carbocycles. The molecule has 4 heteroatoms. The second-order valence-electron chi connectivity index (χ2n) is 0. The Bertz CT molecular complexity index is 3.25. The molecule has 0 aromatic heterocycles. The Kier molecular flexibility index (Phi) is 275. The first-order chi connectivity index (χ1) is 0. The molecule has 0 saturated carbocycles. The molecule has 0 aliphatic rings. The average molecular weight is 148 g/mol. The molecule has 0 bridgehead atoms. The zero-order valence-corrected chi connectivity index (χ0v) is 5.36. The molecule has 0 spiro atoms. The van der Waals surface area contributed by atoms with E-state index in [2.05, 4.69) is 0 Å². The normalized spacial score (nSPS) is 0. The van der Waals surface area contributed by atoms with Crippen LogP contribution < -0.4 is 0 Å². The van der Waals surface area contributed by atoms with Crippen LogP contribution in [0.25, 0.3) is 0 Å². The van der Waals surface area contributed by atoms with E-state index in [1.807, 2.05) is 0 Å². The smallest absolute Gasteiger partial charge is 2.00 e. The zero-order valence-electron chi connectivity index (χ0n) is 1.63. The van der Waals surface area contributed by atoms with Gasteiger partial charge >= 0.3 is 17.4 Å². The van der Waals surface area contributed by atoms with E-state index in [9.17, 15) is 0 Å². The molecule has 0 fully saturated rings. The molecule has 0 amide bonds. The molecule has 4 heavy (non-hydrogen) atoms. The van der Waals surface area contributed by atoms with E-state index in [1.165, 1.54) is 0 Å². The van der Waals surface area contributed by atoms with Crippen molar-refractivity contribution < 1.29 is 17.4 Å². The van der Waals surface area contributed by atoms with Crippen LogP contribution in [-0.2, 0) is 57.8 Å². The van der Waals surface area contributed by atoms with Gasteiger partial charge < -0.3 is 40.5 Å². The summed E-state index contributed by atoms with van der Waals surface area (Å²) >= 11 is 0. The predicted molar refractivity (Wildman–Crippen MR) is 22.1 cm³/mol. The minimum Gasteiger partial charge on any atom is -2.00 e. The van der Waals surface area contributed by atoms with Gasteiger partial charge in [-0.1, -0.05) is 0 Å². The summed E-state index contributed by atoms with van der Waals surface area (Å²) in [5.41, 5.74) is 0. The van der Waals surface area contributed by atoms with E-state index in [0.717, 1.165) is 0 Å². The summed E-state index contributed by atoms with van der Waals surface area (Å²) in [5, 5.41) is 0. The number of hydrogen-bond acceptors (Lipinski definition) is 0. The molecule has 0 atom stereocenters. The van der Waals surface area contributed by atoms with Crippen LogP contribution in [0.15, 0.2) is 0 Å². The van der Waals surface area contributed by atoms with Crippen LogP contribution in [0.5, 0.6) is 0 Å². The molecule has 0 aromatic rings. The summed E-state index contributed by atoms with van der Waals surface area (Å²) in [6.45, 7) is 0. The molecule has 0 rings (SSSR count). The van der Waals surface area contributed by atoms with Crippen molar-refractivity contribution in [2.75, 3.05) is 0 Å². The van der Waals surface area contributed by atoms with Crippen LogP contribution in [-0.4, -0.2) is 0 Å². The first kappa shape index (κ1) is 46.8. The van der Waals surface area contributed by atoms with Gasteiger partial charge in [0.1, 0.15) is 0 Å². The Morgan fingerprint density at radius 3 is 0.500 bits per heavy atom. The minimum atomic E-state index is 0. The topological polar surface area (TPSA) is 0 Å². The summed E-state index contributed by atoms with van der Waals surface area (Å²) in [5.74, 6) is 0. The van der Waals surface area contributed by atoms with Gasteiger partial charge in [0.2, 0.25) is 0 Å². The fourth-order valence-corrected chi connectivity index (χ4v) is 0. The van der Waals surface area contributed by atoms with Crippen molar-refractivity contribution in [3.8, 4) is 0 Å². The fourth-order valence-electron chi connectivity index (χ4n) is 0. The van der Waals surface area contributed by atoms with Gasteiger partial charge in [0.15, 0.2) is 0 Å². The Morgan fingerprint density at radius 2 is 0.500 bits per heavy atom. The fraction of sp³-hybridized carbons (Fsp3) is 0. The molecule has 0 N–H and O–H groups in total. The van der Waals surface area contributed by atoms with Crippen LogP contribution in [0.4, 0.5) is 0 Å². The quantitative estimate of drug-likeness (QED) is 0.453. The Morgan fingerprint density at radius 1 is 0.500 bits per heavy atom. The molecular formula is CrS3. The third-order valence-electron chi connectivity index (χ3n) is 0. The van der Waals surface area contributed by atoms with Crippen molar-refractivity contribution in [2.24, 2.45) is 0 Å². The van der Waals surface area contributed by atoms with Crippen LogP contribution >= 0.6 is 0 Å². The van der Waals surface area contributed by atoms with E-state index in [1.54, 1.807) is 0 Å². The SMILES string of the molecule is [Cr+6].[S-2].[S-2].[S-2]. The van der Waals surface area contributed by atoms with Crippen molar-refractivity contribution in [3.63, 3.8) is 0 Å². The molecule has 0 nitrogen and oxygen atoms in total. The van der Waals surface area contributed by atoms with Crippen molar-refractivity contribution in [1.29, 1.82) is 0 Å². The summed E-state index contributed by atoms with van der Waals surface area (Å²) in [4.78, 5) is 0. The van der Waals surface area contributed by atoms with E-state index < -0.39 is 0 Å². The molecule has 0 radical (unpaired) electrons. The van der Waals surface area contributed by atoms with Crippen molar-refractivity contribution in [2.45, 2.75) is 0 Å². The van der Waals surface area contributed by atoms with Gasteiger partial charge in [-0.15, -0.1) is 0 Å². The van der Waals surface area contributed by atoms with Crippen LogP contribution in [0.3, 0.4) is 0 Å². The van der Waals surface area contributed by atoms with E-state index >= 15 is 0 Å². The maximum absolute atomic E-state index is 0. The molecular weight excluding hydrogens is 148 g/mol. The van der Waals surface area contributed by atoms with Gasteiger partial charge in [-0.05, 0) is 0 Å². The predicted octanol–water partition coefficient (Wildman–Crippen LogP) is -0.00970. The first-order valence-corrected chi connectivity index (χ1v) is 0.